The first kappa shape index (κ1) is 91.7. The lowest BCUT2D eigenvalue weighted by atomic mass is 10.2. The van der Waals surface area contributed by atoms with Crippen molar-refractivity contribution >= 4 is 125 Å². The van der Waals surface area contributed by atoms with Crippen LogP contribution in [0.15, 0.2) is 72.9 Å². The van der Waals surface area contributed by atoms with Crippen molar-refractivity contribution in [3.63, 3.8) is 0 Å². The van der Waals surface area contributed by atoms with Crippen molar-refractivity contribution < 1.29 is 136 Å². The second kappa shape index (κ2) is 36.4. The van der Waals surface area contributed by atoms with Gasteiger partial charge in [0.1, 0.15) is 116 Å². The van der Waals surface area contributed by atoms with E-state index < -0.39 is 254 Å². The maximum absolute atomic E-state index is 14.7. The van der Waals surface area contributed by atoms with Crippen molar-refractivity contribution in [3.05, 3.63) is 112 Å². The predicted molar refractivity (Wildman–Crippen MR) is 429 cm³/mol. The first-order chi connectivity index (χ1) is 61.8. The summed E-state index contributed by atoms with van der Waals surface area (Å²) >= 11 is 0. The maximum atomic E-state index is 14.7. The van der Waals surface area contributed by atoms with Gasteiger partial charge in [-0.05, 0) is 12.8 Å². The number of anilines is 5. The number of aliphatic hydroxyl groups excluding tert-OH is 2. The Morgan fingerprint density at radius 2 is 0.692 bits per heavy atom. The predicted octanol–water partition coefficient (Wildman–Crippen LogP) is -3.01. The smallest absolute Gasteiger partial charge is 0.394 e. The number of H-pyrrole nitrogens is 5. The van der Waals surface area contributed by atoms with Crippen LogP contribution in [0.2, 0.25) is 0 Å². The highest BCUT2D eigenvalue weighted by Gasteiger charge is 2.52. The van der Waals surface area contributed by atoms with E-state index in [1.807, 2.05) is 0 Å². The van der Waals surface area contributed by atoms with Crippen LogP contribution >= 0.6 is 39.1 Å². The van der Waals surface area contributed by atoms with Gasteiger partial charge >= 0.3 is 44.8 Å². The summed E-state index contributed by atoms with van der Waals surface area (Å²) in [7, 11) is -26.2. The van der Waals surface area contributed by atoms with Crippen LogP contribution in [0.25, 0.3) is 55.8 Å². The first-order valence-electron chi connectivity index (χ1n) is 39.0. The average Bonchev–Trinajstić information content (AvgIpc) is 1.52. The van der Waals surface area contributed by atoms with Gasteiger partial charge in [0, 0.05) is 64.0 Å². The molecule has 0 radical (unpaired) electrons. The Morgan fingerprint density at radius 3 is 1.04 bits per heavy atom. The standard InChI is InChI=1S/C63H80N27O35P5/c1-109-4-2-3-24-11-85(63(98)84-54(24)93)38-6-26(31(12-91)115-38)121-127(101,102)111-15-34-28(8-40(118-34)88-21-73-45-51(88)77-60(66)81-56(45)95)123-129(105,106)113-17-36-30(10-42(120-36)90-23-75-47-53(90)79-62(68)83-58(47)97)125-130(107,108)114-16-35-29(9-41(119-35)89-22-74-46-52(89)78-61(67)82-57(46)96)124-128(103,104)112-14-33-27(7-39(117-33)86-19-71-43-48(64)69-18-70-49(43)86)122-126(99,100)110-13-32-25(92)5-37(116-32)87-20-72-44-50(87)76-59(65)80-55(44)94/h11,18-23,25-42,91-92H,2-10,12-17H2,1H3,(H,99,100)(H,101,102)(H,103,104)(H,105,106)(H,107,108)(H2,64,69,70)(H,84,93,98)(H3,65,76,80,94)(H3,66,77,81,95)(H3,67,78,82,96)(H3,68,79,83,97). The van der Waals surface area contributed by atoms with E-state index in [1.54, 1.807) is 0 Å². The lowest BCUT2D eigenvalue weighted by molar-refractivity contribution is -0.0640. The van der Waals surface area contributed by atoms with Crippen molar-refractivity contribution in [1.82, 2.24) is 107 Å². The highest BCUT2D eigenvalue weighted by molar-refractivity contribution is 7.48. The number of aromatic amines is 5. The fourth-order valence-electron chi connectivity index (χ4n) is 15.6. The van der Waals surface area contributed by atoms with E-state index in [-0.39, 0.29) is 111 Å². The zero-order chi connectivity index (χ0) is 91.9. The third kappa shape index (κ3) is 19.5. The molecule has 0 aromatic carbocycles. The molecule has 6 saturated heterocycles. The van der Waals surface area contributed by atoms with E-state index in [0.717, 1.165) is 39.0 Å². The minimum absolute atomic E-state index is 0.00147. The average molecular weight is 1930 g/mol. The molecule has 0 spiro atoms. The van der Waals surface area contributed by atoms with E-state index >= 15 is 0 Å². The summed E-state index contributed by atoms with van der Waals surface area (Å²) in [6.07, 6.45) is -21.1. The zero-order valence-corrected chi connectivity index (χ0v) is 71.3. The Morgan fingerprint density at radius 1 is 0.392 bits per heavy atom. The minimum atomic E-state index is -5.68. The van der Waals surface area contributed by atoms with Gasteiger partial charge in [0.05, 0.1) is 77.4 Å². The summed E-state index contributed by atoms with van der Waals surface area (Å²) in [4.78, 5) is 192. The number of rotatable bonds is 36. The second-order valence-corrected chi connectivity index (χ2v) is 37.1. The highest BCUT2D eigenvalue weighted by atomic mass is 31.2. The molecule has 0 amide bonds. The van der Waals surface area contributed by atoms with Gasteiger partial charge in [-0.15, -0.1) is 0 Å². The number of phosphoric acid groups is 5. The molecule has 17 rings (SSSR count). The number of nitrogens with two attached hydrogens (primary N) is 5. The van der Waals surface area contributed by atoms with Crippen molar-refractivity contribution in [1.29, 1.82) is 0 Å². The quantitative estimate of drug-likeness (QED) is 0.0137. The largest absolute Gasteiger partial charge is 0.472 e. The molecule has 702 valence electrons. The van der Waals surface area contributed by atoms with E-state index in [9.17, 15) is 86.3 Å². The molecular weight excluding hydrogens is 1850 g/mol. The molecular formula is C63H80N27O35P5. The molecule has 0 aliphatic carbocycles. The number of fused-ring (bicyclic) bond motifs is 5. The number of methoxy groups -OCH3 is 1. The number of hydrogen-bond acceptors (Lipinski definition) is 46. The van der Waals surface area contributed by atoms with Crippen LogP contribution in [0.4, 0.5) is 29.6 Å². The van der Waals surface area contributed by atoms with E-state index in [2.05, 4.69) is 79.7 Å². The molecule has 0 bridgehead atoms. The summed E-state index contributed by atoms with van der Waals surface area (Å²) in [6, 6.07) is 0. The number of phosphoric ester groups is 5. The number of aryl methyl sites for hydroxylation is 1. The number of nitrogens with zero attached hydrogens (tertiary/aromatic N) is 17. The third-order valence-corrected chi connectivity index (χ3v) is 26.6. The van der Waals surface area contributed by atoms with Crippen molar-refractivity contribution in [2.75, 3.05) is 82.0 Å². The number of hydrogen-bond donors (Lipinski definition) is 17. The molecule has 6 aliphatic rings. The summed E-state index contributed by atoms with van der Waals surface area (Å²) in [5.74, 6) is -1.47. The summed E-state index contributed by atoms with van der Waals surface area (Å²) < 4.78 is 177. The summed E-state index contributed by atoms with van der Waals surface area (Å²) in [5.41, 5.74) is 23.7. The molecule has 62 nitrogen and oxygen atoms in total. The van der Waals surface area contributed by atoms with Gasteiger partial charge in [-0.25, -0.2) is 62.5 Å². The number of aromatic nitrogens is 22. The molecule has 23 atom stereocenters. The lowest BCUT2D eigenvalue weighted by Crippen LogP contribution is -2.34. The molecule has 6 fully saturated rings. The number of nitrogen functional groups attached to an aromatic ring is 5. The maximum Gasteiger partial charge on any atom is 0.472 e. The molecule has 67 heteroatoms. The van der Waals surface area contributed by atoms with Crippen molar-refractivity contribution in [2.45, 2.75) is 162 Å². The van der Waals surface area contributed by atoms with Crippen molar-refractivity contribution in [2.24, 2.45) is 0 Å². The van der Waals surface area contributed by atoms with Crippen LogP contribution in [0.3, 0.4) is 0 Å². The Hall–Kier alpha value is -10.2. The molecule has 23 unspecified atom stereocenters. The van der Waals surface area contributed by atoms with Crippen LogP contribution in [0, 0.1) is 0 Å². The summed E-state index contributed by atoms with van der Waals surface area (Å²) in [6.45, 7) is -5.68. The Bertz CT molecular complexity index is 6760. The fraction of sp³-hybridized carbons (Fsp3) is 0.540. The molecule has 6 aliphatic heterocycles. The molecule has 11 aromatic rings. The van der Waals surface area contributed by atoms with Crippen LogP contribution in [-0.2, 0) is 108 Å². The van der Waals surface area contributed by atoms with Gasteiger partial charge in [-0.3, -0.25) is 122 Å². The normalized spacial score (nSPS) is 28.4. The second-order valence-electron chi connectivity index (χ2n) is 30.1. The number of aliphatic hydroxyl groups is 2. The van der Waals surface area contributed by atoms with E-state index in [0.29, 0.717) is 6.42 Å². The van der Waals surface area contributed by atoms with Crippen molar-refractivity contribution in [3.8, 4) is 0 Å². The number of nitrogens with one attached hydrogen (secondary N) is 5. The van der Waals surface area contributed by atoms with E-state index in [4.69, 9.17) is 107 Å². The van der Waals surface area contributed by atoms with Crippen LogP contribution < -0.4 is 62.2 Å². The Balaban J connectivity index is 0.592. The van der Waals surface area contributed by atoms with Gasteiger partial charge in [-0.1, -0.05) is 0 Å². The van der Waals surface area contributed by atoms with Crippen LogP contribution in [0.5, 0.6) is 0 Å². The van der Waals surface area contributed by atoms with Gasteiger partial charge in [0.2, 0.25) is 23.8 Å². The Kier molecular flexibility index (Phi) is 25.7. The van der Waals surface area contributed by atoms with Gasteiger partial charge in [0.25, 0.3) is 27.8 Å². The molecule has 130 heavy (non-hydrogen) atoms. The third-order valence-electron chi connectivity index (χ3n) is 21.5. The van der Waals surface area contributed by atoms with E-state index in [1.165, 1.54) is 39.7 Å². The lowest BCUT2D eigenvalue weighted by Gasteiger charge is -2.26. The first-order valence-corrected chi connectivity index (χ1v) is 46.4. The monoisotopic (exact) mass is 1930 g/mol. The Labute approximate surface area is 720 Å². The van der Waals surface area contributed by atoms with Crippen LogP contribution in [-0.4, -0.2) is 268 Å². The van der Waals surface area contributed by atoms with Gasteiger partial charge in [0.15, 0.2) is 56.1 Å². The zero-order valence-electron chi connectivity index (χ0n) is 66.8. The van der Waals surface area contributed by atoms with Crippen LogP contribution in [0.1, 0.15) is 87.9 Å². The van der Waals surface area contributed by atoms with Gasteiger partial charge < -0.3 is 96.5 Å². The molecule has 11 aromatic heterocycles. The number of ether oxygens (including phenoxy) is 7. The summed E-state index contributed by atoms with van der Waals surface area (Å²) in [5, 5.41) is 21.4. The topological polar surface area (TPSA) is 867 Å². The molecule has 17 heterocycles. The number of imidazole rings is 5. The SMILES string of the molecule is COCCCc1cn(C2CC(OP(=O)(O)OCC3OC(n4cnc5c(=O)[nH]c(N)nc54)CC3OP(=O)(O)OCC3OC(n4cnc5c(=O)[nH]c(N)nc54)CC3OP(=O)(O)OCC3OC(n4cnc5c(=O)[nH]c(N)nc54)CC3OP(=O)(O)OCC3OC(n4cnc5c(N)ncnc54)CC3OP(=O)(O)OCC3OC(n4cnc5c(=O)[nH]c(N)nc54)CC3O)C(CO)O2)c(=O)[nH]c1=O. The van der Waals surface area contributed by atoms with Gasteiger partial charge in [-0.2, -0.15) is 19.9 Å². The molecule has 0 saturated carbocycles. The highest BCUT2D eigenvalue weighted by Crippen LogP contribution is 2.57. The minimum Gasteiger partial charge on any atom is -0.394 e. The fourth-order valence-corrected chi connectivity index (χ4v) is 20.4. The molecule has 22 N–H and O–H groups in total.